The van der Waals surface area contributed by atoms with E-state index in [4.69, 9.17) is 0 Å². The highest BCUT2D eigenvalue weighted by Gasteiger charge is 2.61. The van der Waals surface area contributed by atoms with Gasteiger partial charge in [-0.25, -0.2) is 4.90 Å². The predicted octanol–water partition coefficient (Wildman–Crippen LogP) is 2.76. The topological polar surface area (TPSA) is 64.4 Å². The number of anilines is 1. The van der Waals surface area contributed by atoms with Gasteiger partial charge >= 0.3 is 0 Å². The largest absolute Gasteiger partial charge is 0.290 e. The second-order valence-electron chi connectivity index (χ2n) is 7.66. The normalized spacial score (nSPS) is 28.8. The highest BCUT2D eigenvalue weighted by molar-refractivity contribution is 6.22. The van der Waals surface area contributed by atoms with Crippen molar-refractivity contribution in [3.63, 3.8) is 0 Å². The number of piperidine rings is 1. The highest BCUT2D eigenvalue weighted by Crippen LogP contribution is 2.48. The molecule has 4 atom stereocenters. The first kappa shape index (κ1) is 16.9. The third kappa shape index (κ3) is 2.42. The average molecular weight is 369 g/mol. The zero-order chi connectivity index (χ0) is 19.3. The zero-order valence-corrected chi connectivity index (χ0v) is 15.2. The molecule has 5 heteroatoms. The molecule has 1 aliphatic carbocycles. The lowest BCUT2D eigenvalue weighted by Crippen LogP contribution is -2.57. The third-order valence-corrected chi connectivity index (χ3v) is 6.12. The number of hydrogen-bond acceptors (Lipinski definition) is 4. The number of fused-ring (bicyclic) bond motifs is 1. The molecular formula is C23H19N3O2. The molecule has 0 aromatic heterocycles. The summed E-state index contributed by atoms with van der Waals surface area (Å²) in [6, 6.07) is 21.1. The number of hydrogen-bond donors (Lipinski definition) is 0. The number of nitrogens with zero attached hydrogens (tertiary/aromatic N) is 3. The van der Waals surface area contributed by atoms with E-state index in [1.807, 2.05) is 54.6 Å². The summed E-state index contributed by atoms with van der Waals surface area (Å²) < 4.78 is 0. The smallest absolute Gasteiger partial charge is 0.239 e. The van der Waals surface area contributed by atoms with Gasteiger partial charge < -0.3 is 0 Å². The van der Waals surface area contributed by atoms with Crippen LogP contribution in [0.3, 0.4) is 0 Å². The highest BCUT2D eigenvalue weighted by atomic mass is 16.2. The standard InChI is InChI=1S/C23H19N3O2/c24-12-16-11-17-14-25(13-15-7-3-1-4-8-15)21(16)20-19(17)22(27)26(23(20)28)18-9-5-2-6-10-18/h1-11,17,19-21H,13-14H2/t17-,19-,20+,21-/m1/s1. The van der Waals surface area contributed by atoms with E-state index in [1.54, 1.807) is 12.1 Å². The molecule has 5 nitrogen and oxygen atoms in total. The summed E-state index contributed by atoms with van der Waals surface area (Å²) in [5.41, 5.74) is 2.37. The van der Waals surface area contributed by atoms with Crippen molar-refractivity contribution in [1.29, 1.82) is 5.26 Å². The lowest BCUT2D eigenvalue weighted by Gasteiger charge is -2.48. The second-order valence-corrected chi connectivity index (χ2v) is 7.66. The molecule has 2 saturated heterocycles. The number of imide groups is 1. The average Bonchev–Trinajstić information content (AvgIpc) is 3.01. The summed E-state index contributed by atoms with van der Waals surface area (Å²) in [4.78, 5) is 30.0. The maximum Gasteiger partial charge on any atom is 0.239 e. The van der Waals surface area contributed by atoms with E-state index in [2.05, 4.69) is 11.0 Å². The van der Waals surface area contributed by atoms with Gasteiger partial charge in [0.2, 0.25) is 11.8 Å². The summed E-state index contributed by atoms with van der Waals surface area (Å²) in [5, 5.41) is 9.70. The fraction of sp³-hybridized carbons (Fsp3) is 0.261. The van der Waals surface area contributed by atoms with Crippen LogP contribution in [-0.4, -0.2) is 29.3 Å². The van der Waals surface area contributed by atoms with Crippen molar-refractivity contribution in [1.82, 2.24) is 4.90 Å². The molecule has 4 aliphatic rings. The van der Waals surface area contributed by atoms with Crippen LogP contribution in [0.1, 0.15) is 5.56 Å². The Kier molecular flexibility index (Phi) is 3.88. The lowest BCUT2D eigenvalue weighted by atomic mass is 9.67. The van der Waals surface area contributed by atoms with Gasteiger partial charge in [0.25, 0.3) is 0 Å². The quantitative estimate of drug-likeness (QED) is 0.781. The molecule has 0 spiro atoms. The SMILES string of the molecule is N#CC1=C[C@@H]2CN(Cc3ccccc3)[C@H]1[C@H]1C(=O)N(c3ccccc3)C(=O)[C@@H]12. The second kappa shape index (κ2) is 6.43. The van der Waals surface area contributed by atoms with Crippen molar-refractivity contribution in [2.24, 2.45) is 17.8 Å². The molecule has 2 amide bonds. The molecular weight excluding hydrogens is 350 g/mol. The summed E-state index contributed by atoms with van der Waals surface area (Å²) in [7, 11) is 0. The van der Waals surface area contributed by atoms with Crippen LogP contribution in [0.2, 0.25) is 0 Å². The van der Waals surface area contributed by atoms with Crippen molar-refractivity contribution in [3.8, 4) is 6.07 Å². The Balaban J connectivity index is 1.53. The Morgan fingerprint density at radius 2 is 1.57 bits per heavy atom. The molecule has 0 radical (unpaired) electrons. The van der Waals surface area contributed by atoms with Gasteiger partial charge in [-0.3, -0.25) is 14.5 Å². The summed E-state index contributed by atoms with van der Waals surface area (Å²) in [6.45, 7) is 1.35. The van der Waals surface area contributed by atoms with E-state index in [0.717, 1.165) is 5.56 Å². The minimum absolute atomic E-state index is 0.112. The van der Waals surface area contributed by atoms with Gasteiger partial charge in [-0.1, -0.05) is 54.6 Å². The van der Waals surface area contributed by atoms with Crippen molar-refractivity contribution >= 4 is 17.5 Å². The number of carbonyl (C=O) groups is 2. The van der Waals surface area contributed by atoms with Crippen molar-refractivity contribution in [2.45, 2.75) is 12.6 Å². The van der Waals surface area contributed by atoms with E-state index in [0.29, 0.717) is 24.4 Å². The van der Waals surface area contributed by atoms with Crippen LogP contribution in [0.4, 0.5) is 5.69 Å². The molecule has 3 heterocycles. The van der Waals surface area contributed by atoms with Crippen LogP contribution in [0.25, 0.3) is 0 Å². The van der Waals surface area contributed by atoms with E-state index < -0.39 is 5.92 Å². The Bertz CT molecular complexity index is 1010. The van der Waals surface area contributed by atoms with Crippen molar-refractivity contribution in [3.05, 3.63) is 77.9 Å². The molecule has 0 saturated carbocycles. The predicted molar refractivity (Wildman–Crippen MR) is 104 cm³/mol. The van der Waals surface area contributed by atoms with Crippen LogP contribution >= 0.6 is 0 Å². The molecule has 0 unspecified atom stereocenters. The summed E-state index contributed by atoms with van der Waals surface area (Å²) >= 11 is 0. The van der Waals surface area contributed by atoms with Crippen LogP contribution in [0.15, 0.2) is 72.3 Å². The minimum Gasteiger partial charge on any atom is -0.290 e. The van der Waals surface area contributed by atoms with Crippen molar-refractivity contribution < 1.29 is 9.59 Å². The van der Waals surface area contributed by atoms with Gasteiger partial charge in [0.1, 0.15) is 0 Å². The molecule has 28 heavy (non-hydrogen) atoms. The first-order valence-corrected chi connectivity index (χ1v) is 9.51. The lowest BCUT2D eigenvalue weighted by molar-refractivity contribution is -0.127. The first-order valence-electron chi connectivity index (χ1n) is 9.51. The zero-order valence-electron chi connectivity index (χ0n) is 15.2. The maximum atomic E-state index is 13.3. The van der Waals surface area contributed by atoms with Crippen LogP contribution < -0.4 is 4.90 Å². The van der Waals surface area contributed by atoms with E-state index in [1.165, 1.54) is 4.90 Å². The molecule has 2 aromatic rings. The maximum absolute atomic E-state index is 13.3. The number of nitriles is 1. The molecule has 2 bridgehead atoms. The number of amides is 2. The van der Waals surface area contributed by atoms with Gasteiger partial charge in [-0.15, -0.1) is 0 Å². The Morgan fingerprint density at radius 1 is 0.929 bits per heavy atom. The number of carbonyl (C=O) groups excluding carboxylic acids is 2. The van der Waals surface area contributed by atoms with Gasteiger partial charge in [-0.2, -0.15) is 5.26 Å². The molecule has 138 valence electrons. The van der Waals surface area contributed by atoms with Crippen LogP contribution in [0.5, 0.6) is 0 Å². The summed E-state index contributed by atoms with van der Waals surface area (Å²) in [5.74, 6) is -1.30. The Hall–Kier alpha value is -3.23. The van der Waals surface area contributed by atoms with E-state index in [9.17, 15) is 14.9 Å². The van der Waals surface area contributed by atoms with Gasteiger partial charge in [0, 0.05) is 24.6 Å². The fourth-order valence-electron chi connectivity index (χ4n) is 5.01. The van der Waals surface area contributed by atoms with Crippen molar-refractivity contribution in [2.75, 3.05) is 11.4 Å². The molecule has 6 rings (SSSR count). The number of para-hydroxylation sites is 1. The number of rotatable bonds is 3. The van der Waals surface area contributed by atoms with Gasteiger partial charge in [0.05, 0.1) is 29.6 Å². The Labute approximate surface area is 163 Å². The van der Waals surface area contributed by atoms with E-state index >= 15 is 0 Å². The monoisotopic (exact) mass is 369 g/mol. The number of benzene rings is 2. The summed E-state index contributed by atoms with van der Waals surface area (Å²) in [6.07, 6.45) is 1.92. The molecule has 0 N–H and O–H groups in total. The third-order valence-electron chi connectivity index (χ3n) is 6.12. The molecule has 2 aromatic carbocycles. The van der Waals surface area contributed by atoms with Gasteiger partial charge in [0.15, 0.2) is 0 Å². The minimum atomic E-state index is -0.491. The van der Waals surface area contributed by atoms with Crippen LogP contribution in [-0.2, 0) is 16.1 Å². The van der Waals surface area contributed by atoms with Gasteiger partial charge in [-0.05, 0) is 17.7 Å². The first-order chi connectivity index (χ1) is 13.7. The Morgan fingerprint density at radius 3 is 2.25 bits per heavy atom. The van der Waals surface area contributed by atoms with Crippen LogP contribution in [0, 0.1) is 29.1 Å². The van der Waals surface area contributed by atoms with E-state index in [-0.39, 0.29) is 29.7 Å². The molecule has 3 aliphatic heterocycles. The fourth-order valence-corrected chi connectivity index (χ4v) is 5.01. The molecule has 2 fully saturated rings.